The van der Waals surface area contributed by atoms with Crippen LogP contribution >= 0.6 is 0 Å². The van der Waals surface area contributed by atoms with Crippen molar-refractivity contribution in [2.45, 2.75) is 19.9 Å². The molecule has 4 rings (SSSR count). The van der Waals surface area contributed by atoms with E-state index in [1.807, 2.05) is 66.6 Å². The van der Waals surface area contributed by atoms with Gasteiger partial charge in [0.25, 0.3) is 0 Å². The Balaban J connectivity index is 1.36. The van der Waals surface area contributed by atoms with E-state index in [1.165, 1.54) is 12.1 Å². The SMILES string of the molecule is CCNC(=NCc1cnn(-c2ccccc2)c1)NCCc1c[nH]c2cc(F)ccc12. The van der Waals surface area contributed by atoms with E-state index >= 15 is 0 Å². The summed E-state index contributed by atoms with van der Waals surface area (Å²) in [6.07, 6.45) is 6.58. The molecule has 0 fully saturated rings. The Bertz CT molecular complexity index is 1130. The van der Waals surface area contributed by atoms with Gasteiger partial charge in [0, 0.05) is 41.9 Å². The highest BCUT2D eigenvalue weighted by molar-refractivity contribution is 5.83. The number of hydrogen-bond donors (Lipinski definition) is 3. The quantitative estimate of drug-likeness (QED) is 0.324. The Kier molecular flexibility index (Phi) is 6.08. The third kappa shape index (κ3) is 4.68. The molecule has 30 heavy (non-hydrogen) atoms. The van der Waals surface area contributed by atoms with E-state index in [-0.39, 0.29) is 5.82 Å². The van der Waals surface area contributed by atoms with Crippen molar-refractivity contribution < 1.29 is 4.39 Å². The number of para-hydroxylation sites is 1. The van der Waals surface area contributed by atoms with Crippen LogP contribution in [0.5, 0.6) is 0 Å². The second-order valence-electron chi connectivity index (χ2n) is 7.00. The molecule has 0 radical (unpaired) electrons. The maximum Gasteiger partial charge on any atom is 0.191 e. The van der Waals surface area contributed by atoms with Gasteiger partial charge in [0.05, 0.1) is 18.4 Å². The highest BCUT2D eigenvalue weighted by Gasteiger charge is 2.06. The summed E-state index contributed by atoms with van der Waals surface area (Å²) in [5.41, 5.74) is 4.03. The largest absolute Gasteiger partial charge is 0.361 e. The molecule has 0 amide bonds. The van der Waals surface area contributed by atoms with Gasteiger partial charge in [-0.05, 0) is 49.2 Å². The Morgan fingerprint density at radius 1 is 1.17 bits per heavy atom. The number of fused-ring (bicyclic) bond motifs is 1. The summed E-state index contributed by atoms with van der Waals surface area (Å²) in [5.74, 6) is 0.530. The van der Waals surface area contributed by atoms with Crippen molar-refractivity contribution >= 4 is 16.9 Å². The van der Waals surface area contributed by atoms with Crippen LogP contribution in [-0.4, -0.2) is 33.8 Å². The van der Waals surface area contributed by atoms with E-state index < -0.39 is 0 Å². The fraction of sp³-hybridized carbons (Fsp3) is 0.217. The number of halogens is 1. The molecule has 4 aromatic rings. The lowest BCUT2D eigenvalue weighted by atomic mass is 10.1. The zero-order chi connectivity index (χ0) is 20.8. The molecule has 0 saturated heterocycles. The van der Waals surface area contributed by atoms with E-state index in [0.29, 0.717) is 6.54 Å². The Morgan fingerprint density at radius 3 is 2.87 bits per heavy atom. The number of guanidine groups is 1. The first-order chi connectivity index (χ1) is 14.7. The van der Waals surface area contributed by atoms with E-state index in [1.54, 1.807) is 0 Å². The van der Waals surface area contributed by atoms with Crippen LogP contribution in [-0.2, 0) is 13.0 Å². The summed E-state index contributed by atoms with van der Waals surface area (Å²) >= 11 is 0. The molecule has 2 aromatic carbocycles. The van der Waals surface area contributed by atoms with Crippen molar-refractivity contribution in [3.05, 3.63) is 84.1 Å². The van der Waals surface area contributed by atoms with Crippen LogP contribution in [0, 0.1) is 5.82 Å². The van der Waals surface area contributed by atoms with Gasteiger partial charge in [-0.2, -0.15) is 5.10 Å². The lowest BCUT2D eigenvalue weighted by Crippen LogP contribution is -2.38. The van der Waals surface area contributed by atoms with Crippen LogP contribution in [0.3, 0.4) is 0 Å². The zero-order valence-electron chi connectivity index (χ0n) is 16.9. The fourth-order valence-corrected chi connectivity index (χ4v) is 3.36. The third-order valence-corrected chi connectivity index (χ3v) is 4.84. The first-order valence-corrected chi connectivity index (χ1v) is 10.1. The Hall–Kier alpha value is -3.61. The summed E-state index contributed by atoms with van der Waals surface area (Å²) in [6.45, 7) is 4.08. The van der Waals surface area contributed by atoms with Crippen LogP contribution in [0.4, 0.5) is 4.39 Å². The number of nitrogens with one attached hydrogen (secondary N) is 3. The molecule has 154 valence electrons. The normalized spacial score (nSPS) is 11.7. The van der Waals surface area contributed by atoms with Crippen LogP contribution in [0.15, 0.2) is 72.1 Å². The van der Waals surface area contributed by atoms with Gasteiger partial charge in [0.2, 0.25) is 0 Å². The van der Waals surface area contributed by atoms with Gasteiger partial charge in [-0.3, -0.25) is 0 Å². The summed E-state index contributed by atoms with van der Waals surface area (Å²) in [5, 5.41) is 12.1. The van der Waals surface area contributed by atoms with Crippen molar-refractivity contribution in [1.29, 1.82) is 0 Å². The molecular weight excluding hydrogens is 379 g/mol. The summed E-state index contributed by atoms with van der Waals surface area (Å²) in [4.78, 5) is 7.80. The molecular formula is C23H25FN6. The standard InChI is InChI=1S/C23H25FN6/c1-2-25-23(26-11-10-18-15-27-22-12-19(24)8-9-21(18)22)28-13-17-14-29-30(16-17)20-6-4-3-5-7-20/h3-9,12,14-16,27H,2,10-11,13H2,1H3,(H2,25,26,28). The summed E-state index contributed by atoms with van der Waals surface area (Å²) < 4.78 is 15.2. The number of aromatic amines is 1. The highest BCUT2D eigenvalue weighted by Crippen LogP contribution is 2.19. The smallest absolute Gasteiger partial charge is 0.191 e. The number of H-pyrrole nitrogens is 1. The Morgan fingerprint density at radius 2 is 2.03 bits per heavy atom. The van der Waals surface area contributed by atoms with Gasteiger partial charge in [0.1, 0.15) is 5.82 Å². The van der Waals surface area contributed by atoms with Crippen LogP contribution in [0.2, 0.25) is 0 Å². The van der Waals surface area contributed by atoms with E-state index in [2.05, 4.69) is 25.7 Å². The lowest BCUT2D eigenvalue weighted by Gasteiger charge is -2.10. The predicted molar refractivity (Wildman–Crippen MR) is 118 cm³/mol. The van der Waals surface area contributed by atoms with Crippen LogP contribution in [0.1, 0.15) is 18.1 Å². The second kappa shape index (κ2) is 9.26. The minimum atomic E-state index is -0.230. The van der Waals surface area contributed by atoms with Crippen molar-refractivity contribution in [3.8, 4) is 5.69 Å². The molecule has 2 heterocycles. The molecule has 0 bridgehead atoms. The molecule has 0 spiro atoms. The van der Waals surface area contributed by atoms with E-state index in [0.717, 1.165) is 53.2 Å². The van der Waals surface area contributed by atoms with Gasteiger partial charge in [-0.15, -0.1) is 0 Å². The van der Waals surface area contributed by atoms with Crippen molar-refractivity contribution in [2.75, 3.05) is 13.1 Å². The summed E-state index contributed by atoms with van der Waals surface area (Å²) in [6, 6.07) is 14.8. The summed E-state index contributed by atoms with van der Waals surface area (Å²) in [7, 11) is 0. The van der Waals surface area contributed by atoms with Crippen molar-refractivity contribution in [2.24, 2.45) is 4.99 Å². The molecule has 0 saturated carbocycles. The molecule has 0 unspecified atom stereocenters. The highest BCUT2D eigenvalue weighted by atomic mass is 19.1. The maximum atomic E-state index is 13.3. The molecule has 0 aliphatic rings. The van der Waals surface area contributed by atoms with E-state index in [4.69, 9.17) is 0 Å². The number of aliphatic imine (C=N–C) groups is 1. The molecule has 0 atom stereocenters. The Labute approximate surface area is 174 Å². The maximum absolute atomic E-state index is 13.3. The number of nitrogens with zero attached hydrogens (tertiary/aromatic N) is 3. The number of hydrogen-bond acceptors (Lipinski definition) is 2. The molecule has 2 aromatic heterocycles. The minimum absolute atomic E-state index is 0.230. The van der Waals surface area contributed by atoms with Gasteiger partial charge in [-0.1, -0.05) is 18.2 Å². The van der Waals surface area contributed by atoms with Crippen molar-refractivity contribution in [1.82, 2.24) is 25.4 Å². The number of rotatable bonds is 7. The second-order valence-corrected chi connectivity index (χ2v) is 7.00. The average molecular weight is 404 g/mol. The first-order valence-electron chi connectivity index (χ1n) is 10.1. The number of aromatic nitrogens is 3. The van der Waals surface area contributed by atoms with Gasteiger partial charge < -0.3 is 15.6 Å². The molecule has 0 aliphatic carbocycles. The zero-order valence-corrected chi connectivity index (χ0v) is 16.9. The van der Waals surface area contributed by atoms with Crippen LogP contribution < -0.4 is 10.6 Å². The molecule has 7 heteroatoms. The molecule has 0 aliphatic heterocycles. The monoisotopic (exact) mass is 404 g/mol. The lowest BCUT2D eigenvalue weighted by molar-refractivity contribution is 0.629. The third-order valence-electron chi connectivity index (χ3n) is 4.84. The molecule has 6 nitrogen and oxygen atoms in total. The average Bonchev–Trinajstić information content (AvgIpc) is 3.40. The van der Waals surface area contributed by atoms with Gasteiger partial charge in [0.15, 0.2) is 5.96 Å². The van der Waals surface area contributed by atoms with Gasteiger partial charge >= 0.3 is 0 Å². The van der Waals surface area contributed by atoms with Crippen LogP contribution in [0.25, 0.3) is 16.6 Å². The topological polar surface area (TPSA) is 70.0 Å². The van der Waals surface area contributed by atoms with E-state index in [9.17, 15) is 4.39 Å². The predicted octanol–water partition coefficient (Wildman–Crippen LogP) is 3.79. The fourth-order valence-electron chi connectivity index (χ4n) is 3.36. The number of benzene rings is 2. The minimum Gasteiger partial charge on any atom is -0.361 e. The van der Waals surface area contributed by atoms with Crippen molar-refractivity contribution in [3.63, 3.8) is 0 Å². The first kappa shape index (κ1) is 19.7. The molecule has 3 N–H and O–H groups in total. The van der Waals surface area contributed by atoms with Gasteiger partial charge in [-0.25, -0.2) is 14.1 Å².